The Kier molecular flexibility index (Phi) is 6.86. The van der Waals surface area contributed by atoms with Gasteiger partial charge in [-0.2, -0.15) is 0 Å². The number of carbonyl (C=O) groups is 3. The third-order valence-electron chi connectivity index (χ3n) is 4.85. The van der Waals surface area contributed by atoms with Crippen molar-refractivity contribution in [2.45, 2.75) is 21.6 Å². The van der Waals surface area contributed by atoms with Gasteiger partial charge in [-0.25, -0.2) is 4.79 Å². The maximum atomic E-state index is 13.3. The molecule has 2 N–H and O–H groups in total. The molecule has 3 aromatic carbocycles. The van der Waals surface area contributed by atoms with Gasteiger partial charge in [0, 0.05) is 32.0 Å². The van der Waals surface area contributed by atoms with Crippen LogP contribution in [0.4, 0.5) is 17.1 Å². The van der Waals surface area contributed by atoms with E-state index in [1.54, 1.807) is 28.8 Å². The number of hydrogen-bond donors (Lipinski definition) is 2. The molecule has 6 nitrogen and oxygen atoms in total. The Morgan fingerprint density at radius 1 is 0.939 bits per heavy atom. The summed E-state index contributed by atoms with van der Waals surface area (Å²) in [6.45, 7) is 1.36. The number of thioether (sulfide) groups is 1. The highest BCUT2D eigenvalue weighted by Crippen LogP contribution is 2.48. The van der Waals surface area contributed by atoms with E-state index in [0.717, 1.165) is 32.1 Å². The van der Waals surface area contributed by atoms with E-state index >= 15 is 0 Å². The fourth-order valence-electron chi connectivity index (χ4n) is 3.25. The lowest BCUT2D eigenvalue weighted by molar-refractivity contribution is -0.132. The van der Waals surface area contributed by atoms with Crippen LogP contribution < -0.4 is 10.2 Å². The van der Waals surface area contributed by atoms with E-state index in [1.165, 1.54) is 18.7 Å². The molecule has 8 heteroatoms. The van der Waals surface area contributed by atoms with E-state index in [2.05, 4.69) is 5.32 Å². The molecule has 0 saturated heterocycles. The Morgan fingerprint density at radius 3 is 2.09 bits per heavy atom. The lowest BCUT2D eigenvalue weighted by Crippen LogP contribution is -2.29. The molecule has 0 aromatic heterocycles. The number of nitrogens with one attached hydrogen (secondary N) is 1. The number of aliphatic carboxylic acids is 1. The highest BCUT2D eigenvalue weighted by Gasteiger charge is 2.27. The average molecular weight is 477 g/mol. The monoisotopic (exact) mass is 476 g/mol. The van der Waals surface area contributed by atoms with Crippen molar-refractivity contribution in [3.8, 4) is 0 Å². The number of nitrogens with zero attached hydrogens (tertiary/aromatic N) is 1. The third kappa shape index (κ3) is 5.30. The minimum Gasteiger partial charge on any atom is -0.478 e. The summed E-state index contributed by atoms with van der Waals surface area (Å²) in [6, 6.07) is 22.8. The van der Waals surface area contributed by atoms with Crippen LogP contribution in [0.15, 0.2) is 99.1 Å². The van der Waals surface area contributed by atoms with Gasteiger partial charge in [0.25, 0.3) is 0 Å². The molecule has 3 aromatic rings. The van der Waals surface area contributed by atoms with Crippen molar-refractivity contribution in [3.05, 3.63) is 84.4 Å². The molecule has 1 aliphatic heterocycles. The number of benzene rings is 3. The molecule has 0 radical (unpaired) electrons. The van der Waals surface area contributed by atoms with Gasteiger partial charge in [0.1, 0.15) is 0 Å². The summed E-state index contributed by atoms with van der Waals surface area (Å²) in [4.78, 5) is 40.7. The average Bonchev–Trinajstić information content (AvgIpc) is 2.81. The standard InChI is InChI=1S/C25H20N2O4S2/c1-16(25(30)31)14-23(28)26-17-10-12-18(13-11-17)32-15-24(29)27-19-6-2-4-8-21(19)33-22-9-5-3-7-20(22)27/h2-14H,15H2,1H3,(H,26,28)(H,30,31). The maximum Gasteiger partial charge on any atom is 0.331 e. The van der Waals surface area contributed by atoms with Crippen molar-refractivity contribution < 1.29 is 19.5 Å². The highest BCUT2D eigenvalue weighted by atomic mass is 32.2. The fourth-order valence-corrected chi connectivity index (χ4v) is 5.06. The number of carboxylic acids is 1. The third-order valence-corrected chi connectivity index (χ3v) is 6.98. The van der Waals surface area contributed by atoms with Crippen LogP contribution in [0, 0.1) is 0 Å². The Morgan fingerprint density at radius 2 is 1.52 bits per heavy atom. The van der Waals surface area contributed by atoms with Crippen LogP contribution in [0.1, 0.15) is 6.92 Å². The molecule has 0 aliphatic carbocycles. The second kappa shape index (κ2) is 9.97. The zero-order valence-corrected chi connectivity index (χ0v) is 19.3. The summed E-state index contributed by atoms with van der Waals surface area (Å²) in [5, 5.41) is 11.5. The van der Waals surface area contributed by atoms with Gasteiger partial charge >= 0.3 is 5.97 Å². The van der Waals surface area contributed by atoms with Gasteiger partial charge in [-0.05, 0) is 55.5 Å². The smallest absolute Gasteiger partial charge is 0.331 e. The van der Waals surface area contributed by atoms with Crippen molar-refractivity contribution in [1.82, 2.24) is 0 Å². The molecule has 2 amide bonds. The van der Waals surface area contributed by atoms with Crippen molar-refractivity contribution in [3.63, 3.8) is 0 Å². The minimum atomic E-state index is -1.14. The summed E-state index contributed by atoms with van der Waals surface area (Å²) in [5.74, 6) is -1.42. The number of anilines is 3. The SMILES string of the molecule is CC(=CC(=O)Nc1ccc(SCC(=O)N2c3ccccc3Sc3ccccc32)cc1)C(=O)O. The zero-order valence-electron chi connectivity index (χ0n) is 17.6. The lowest BCUT2D eigenvalue weighted by atomic mass is 10.2. The van der Waals surface area contributed by atoms with Crippen molar-refractivity contribution in [2.24, 2.45) is 0 Å². The first kappa shape index (κ1) is 22.7. The lowest BCUT2D eigenvalue weighted by Gasteiger charge is -2.31. The molecular weight excluding hydrogens is 456 g/mol. The molecule has 166 valence electrons. The highest BCUT2D eigenvalue weighted by molar-refractivity contribution is 8.00. The summed E-state index contributed by atoms with van der Waals surface area (Å²) < 4.78 is 0. The van der Waals surface area contributed by atoms with E-state index < -0.39 is 11.9 Å². The largest absolute Gasteiger partial charge is 0.478 e. The number of rotatable bonds is 6. The van der Waals surface area contributed by atoms with Crippen LogP contribution in [0.5, 0.6) is 0 Å². The zero-order chi connectivity index (χ0) is 23.4. The van der Waals surface area contributed by atoms with Gasteiger partial charge in [0.15, 0.2) is 0 Å². The Bertz CT molecular complexity index is 1210. The molecule has 0 spiro atoms. The van der Waals surface area contributed by atoms with Crippen LogP contribution >= 0.6 is 23.5 Å². The number of hydrogen-bond acceptors (Lipinski definition) is 5. The quantitative estimate of drug-likeness (QED) is 0.357. The number of carbonyl (C=O) groups excluding carboxylic acids is 2. The first-order valence-electron chi connectivity index (χ1n) is 10.1. The molecule has 1 aliphatic rings. The summed E-state index contributed by atoms with van der Waals surface area (Å²) in [7, 11) is 0. The number of fused-ring (bicyclic) bond motifs is 2. The Hall–Kier alpha value is -3.49. The van der Waals surface area contributed by atoms with Gasteiger partial charge in [0.2, 0.25) is 11.8 Å². The molecule has 0 unspecified atom stereocenters. The first-order valence-corrected chi connectivity index (χ1v) is 11.9. The van der Waals surface area contributed by atoms with Crippen molar-refractivity contribution >= 4 is 58.4 Å². The van der Waals surface area contributed by atoms with E-state index in [-0.39, 0.29) is 17.2 Å². The van der Waals surface area contributed by atoms with Gasteiger partial charge in [0.05, 0.1) is 17.1 Å². The topological polar surface area (TPSA) is 86.7 Å². The molecular formula is C25H20N2O4S2. The molecule has 1 heterocycles. The van der Waals surface area contributed by atoms with Gasteiger partial charge in [-0.15, -0.1) is 11.8 Å². The first-order chi connectivity index (χ1) is 15.9. The van der Waals surface area contributed by atoms with E-state index in [1.807, 2.05) is 60.7 Å². The summed E-state index contributed by atoms with van der Waals surface area (Å²) in [6.07, 6.45) is 1.04. The number of amides is 2. The molecule has 33 heavy (non-hydrogen) atoms. The molecule has 0 fully saturated rings. The Balaban J connectivity index is 1.43. The maximum absolute atomic E-state index is 13.3. The van der Waals surface area contributed by atoms with E-state index in [9.17, 15) is 14.4 Å². The van der Waals surface area contributed by atoms with Crippen LogP contribution in [0.2, 0.25) is 0 Å². The summed E-state index contributed by atoms with van der Waals surface area (Å²) >= 11 is 3.07. The number of para-hydroxylation sites is 2. The molecule has 0 saturated carbocycles. The minimum absolute atomic E-state index is 0.0214. The van der Waals surface area contributed by atoms with E-state index in [0.29, 0.717) is 5.69 Å². The predicted octanol–water partition coefficient (Wildman–Crippen LogP) is 5.58. The van der Waals surface area contributed by atoms with Crippen LogP contribution in [-0.2, 0) is 14.4 Å². The van der Waals surface area contributed by atoms with Crippen LogP contribution in [0.3, 0.4) is 0 Å². The van der Waals surface area contributed by atoms with Gasteiger partial charge in [-0.3, -0.25) is 14.5 Å². The fraction of sp³-hybridized carbons (Fsp3) is 0.0800. The number of carboxylic acid groups (broad SMARTS) is 1. The Labute approximate surface area is 199 Å². The normalized spacial score (nSPS) is 12.5. The second-order valence-corrected chi connectivity index (χ2v) is 9.33. The van der Waals surface area contributed by atoms with E-state index in [4.69, 9.17) is 5.11 Å². The van der Waals surface area contributed by atoms with Crippen LogP contribution in [0.25, 0.3) is 0 Å². The van der Waals surface area contributed by atoms with Crippen molar-refractivity contribution in [2.75, 3.05) is 16.0 Å². The van der Waals surface area contributed by atoms with Crippen molar-refractivity contribution in [1.29, 1.82) is 0 Å². The molecule has 0 atom stereocenters. The van der Waals surface area contributed by atoms with Gasteiger partial charge < -0.3 is 10.4 Å². The van der Waals surface area contributed by atoms with Gasteiger partial charge in [-0.1, -0.05) is 36.0 Å². The second-order valence-electron chi connectivity index (χ2n) is 7.20. The molecule has 0 bridgehead atoms. The molecule has 4 rings (SSSR count). The van der Waals surface area contributed by atoms with Crippen LogP contribution in [-0.4, -0.2) is 28.6 Å². The summed E-state index contributed by atoms with van der Waals surface area (Å²) in [5.41, 5.74) is 2.27. The predicted molar refractivity (Wildman–Crippen MR) is 131 cm³/mol.